The molecule has 6 nitrogen and oxygen atoms in total. The van der Waals surface area contributed by atoms with Gasteiger partial charge in [0.1, 0.15) is 5.82 Å². The van der Waals surface area contributed by atoms with Gasteiger partial charge >= 0.3 is 0 Å². The maximum Gasteiger partial charge on any atom is 0.298 e. The maximum atomic E-state index is 13.7. The predicted octanol–water partition coefficient (Wildman–Crippen LogP) is 1.95. The molecule has 94 valence electrons. The second-order valence-electron chi connectivity index (χ2n) is 3.61. The highest BCUT2D eigenvalue weighted by molar-refractivity contribution is 5.54. The van der Waals surface area contributed by atoms with E-state index in [1.165, 1.54) is 13.0 Å². The van der Waals surface area contributed by atoms with E-state index in [0.29, 0.717) is 11.8 Å². The molecule has 2 rings (SSSR count). The number of benzene rings is 1. The predicted molar refractivity (Wildman–Crippen MR) is 59.3 cm³/mol. The number of aryl methyl sites for hydroxylation is 1. The minimum Gasteiger partial charge on any atom is -0.382 e. The van der Waals surface area contributed by atoms with Gasteiger partial charge in [-0.05, 0) is 13.0 Å². The molecule has 0 saturated heterocycles. The van der Waals surface area contributed by atoms with Crippen molar-refractivity contribution in [3.05, 3.63) is 45.6 Å². The van der Waals surface area contributed by atoms with Gasteiger partial charge in [0.05, 0.1) is 4.92 Å². The van der Waals surface area contributed by atoms with Crippen LogP contribution in [-0.4, -0.2) is 14.7 Å². The number of aromatic nitrogens is 2. The number of hydrogen-bond acceptors (Lipinski definition) is 4. The molecular weight excluding hydrogens is 246 g/mol. The molecule has 1 aromatic heterocycles. The van der Waals surface area contributed by atoms with Crippen LogP contribution >= 0.6 is 0 Å². The molecule has 0 radical (unpaired) electrons. The molecule has 0 atom stereocenters. The van der Waals surface area contributed by atoms with Gasteiger partial charge in [-0.3, -0.25) is 10.1 Å². The van der Waals surface area contributed by atoms with Crippen molar-refractivity contribution in [1.82, 2.24) is 9.78 Å². The summed E-state index contributed by atoms with van der Waals surface area (Å²) in [4.78, 5) is 10.0. The van der Waals surface area contributed by atoms with Crippen molar-refractivity contribution in [2.75, 3.05) is 5.73 Å². The van der Waals surface area contributed by atoms with Gasteiger partial charge in [-0.1, -0.05) is 0 Å². The fourth-order valence-corrected chi connectivity index (χ4v) is 1.60. The van der Waals surface area contributed by atoms with E-state index in [4.69, 9.17) is 5.73 Å². The number of halogens is 2. The minimum atomic E-state index is -1.34. The summed E-state index contributed by atoms with van der Waals surface area (Å²) in [6, 6.07) is 2.97. The Kier molecular flexibility index (Phi) is 2.70. The first-order chi connectivity index (χ1) is 8.41. The SMILES string of the molecule is Cc1cc(N)nn1-c1c([N+](=O)[O-])ccc(F)c1F. The first-order valence-corrected chi connectivity index (χ1v) is 4.86. The average molecular weight is 254 g/mol. The van der Waals surface area contributed by atoms with Crippen molar-refractivity contribution in [1.29, 1.82) is 0 Å². The first-order valence-electron chi connectivity index (χ1n) is 4.86. The van der Waals surface area contributed by atoms with E-state index in [1.54, 1.807) is 0 Å². The highest BCUT2D eigenvalue weighted by Gasteiger charge is 2.25. The fourth-order valence-electron chi connectivity index (χ4n) is 1.60. The molecule has 0 amide bonds. The lowest BCUT2D eigenvalue weighted by molar-refractivity contribution is -0.384. The topological polar surface area (TPSA) is 87.0 Å². The quantitative estimate of drug-likeness (QED) is 0.655. The zero-order valence-corrected chi connectivity index (χ0v) is 9.22. The molecule has 1 heterocycles. The van der Waals surface area contributed by atoms with Crippen LogP contribution in [0.5, 0.6) is 0 Å². The van der Waals surface area contributed by atoms with Crippen LogP contribution < -0.4 is 5.73 Å². The molecule has 0 aliphatic heterocycles. The number of nitrogens with two attached hydrogens (primary N) is 1. The number of nitro benzene ring substituents is 1. The molecule has 1 aromatic carbocycles. The van der Waals surface area contributed by atoms with Crippen molar-refractivity contribution in [2.45, 2.75) is 6.92 Å². The number of hydrogen-bond donors (Lipinski definition) is 1. The van der Waals surface area contributed by atoms with Crippen LogP contribution in [0.3, 0.4) is 0 Å². The van der Waals surface area contributed by atoms with E-state index in [9.17, 15) is 18.9 Å². The van der Waals surface area contributed by atoms with E-state index in [2.05, 4.69) is 5.10 Å². The van der Waals surface area contributed by atoms with Crippen molar-refractivity contribution in [3.63, 3.8) is 0 Å². The van der Waals surface area contributed by atoms with Crippen LogP contribution in [0.1, 0.15) is 5.69 Å². The number of nitrogens with zero attached hydrogens (tertiary/aromatic N) is 3. The Hall–Kier alpha value is -2.51. The van der Waals surface area contributed by atoms with Gasteiger partial charge in [0.25, 0.3) is 5.69 Å². The van der Waals surface area contributed by atoms with Gasteiger partial charge < -0.3 is 5.73 Å². The zero-order chi connectivity index (χ0) is 13.4. The average Bonchev–Trinajstić information content (AvgIpc) is 2.61. The molecule has 0 unspecified atom stereocenters. The lowest BCUT2D eigenvalue weighted by Crippen LogP contribution is -2.08. The molecule has 18 heavy (non-hydrogen) atoms. The van der Waals surface area contributed by atoms with Gasteiger partial charge in [0.2, 0.25) is 0 Å². The summed E-state index contributed by atoms with van der Waals surface area (Å²) in [5.41, 5.74) is 4.63. The molecule has 0 saturated carbocycles. The lowest BCUT2D eigenvalue weighted by atomic mass is 10.2. The third-order valence-electron chi connectivity index (χ3n) is 2.36. The molecule has 0 aliphatic carbocycles. The van der Waals surface area contributed by atoms with E-state index in [0.717, 1.165) is 10.7 Å². The minimum absolute atomic E-state index is 0.0606. The fraction of sp³-hybridized carbons (Fsp3) is 0.100. The van der Waals surface area contributed by atoms with Crippen molar-refractivity contribution in [3.8, 4) is 5.69 Å². The number of nitro groups is 1. The first kappa shape index (κ1) is 12.0. The summed E-state index contributed by atoms with van der Waals surface area (Å²) in [7, 11) is 0. The third-order valence-corrected chi connectivity index (χ3v) is 2.36. The number of nitrogen functional groups attached to an aromatic ring is 1. The van der Waals surface area contributed by atoms with Crippen molar-refractivity contribution in [2.24, 2.45) is 0 Å². The molecule has 2 aromatic rings. The number of rotatable bonds is 2. The monoisotopic (exact) mass is 254 g/mol. The van der Waals surface area contributed by atoms with Crippen LogP contribution in [0.25, 0.3) is 5.69 Å². The Bertz CT molecular complexity index is 639. The normalized spacial score (nSPS) is 10.6. The van der Waals surface area contributed by atoms with E-state index < -0.39 is 27.9 Å². The second-order valence-corrected chi connectivity index (χ2v) is 3.61. The summed E-state index contributed by atoms with van der Waals surface area (Å²) >= 11 is 0. The summed E-state index contributed by atoms with van der Waals surface area (Å²) in [6.45, 7) is 1.53. The van der Waals surface area contributed by atoms with Gasteiger partial charge in [0.15, 0.2) is 17.3 Å². The Morgan fingerprint density at radius 3 is 2.61 bits per heavy atom. The Labute approximate surface area is 99.8 Å². The van der Waals surface area contributed by atoms with Gasteiger partial charge in [-0.15, -0.1) is 0 Å². The lowest BCUT2D eigenvalue weighted by Gasteiger charge is -2.06. The molecule has 0 bridgehead atoms. The van der Waals surface area contributed by atoms with E-state index >= 15 is 0 Å². The Morgan fingerprint density at radius 1 is 1.44 bits per heavy atom. The maximum absolute atomic E-state index is 13.7. The summed E-state index contributed by atoms with van der Waals surface area (Å²) in [5.74, 6) is -2.47. The molecule has 0 fully saturated rings. The van der Waals surface area contributed by atoms with Crippen molar-refractivity contribution >= 4 is 11.5 Å². The summed E-state index contributed by atoms with van der Waals surface area (Å²) in [5, 5.41) is 14.5. The molecule has 2 N–H and O–H groups in total. The zero-order valence-electron chi connectivity index (χ0n) is 9.22. The molecule has 0 aliphatic rings. The summed E-state index contributed by atoms with van der Waals surface area (Å²) < 4.78 is 27.8. The van der Waals surface area contributed by atoms with Gasteiger partial charge in [-0.25, -0.2) is 13.5 Å². The van der Waals surface area contributed by atoms with Crippen molar-refractivity contribution < 1.29 is 13.7 Å². The highest BCUT2D eigenvalue weighted by atomic mass is 19.2. The van der Waals surface area contributed by atoms with Crippen LogP contribution in [0.15, 0.2) is 18.2 Å². The smallest absolute Gasteiger partial charge is 0.298 e. The van der Waals surface area contributed by atoms with E-state index in [-0.39, 0.29) is 5.82 Å². The number of anilines is 1. The second kappa shape index (κ2) is 4.06. The largest absolute Gasteiger partial charge is 0.382 e. The van der Waals surface area contributed by atoms with Crippen LogP contribution in [0.4, 0.5) is 20.3 Å². The molecular formula is C10H8F2N4O2. The van der Waals surface area contributed by atoms with E-state index in [1.807, 2.05) is 0 Å². The Morgan fingerprint density at radius 2 is 2.11 bits per heavy atom. The van der Waals surface area contributed by atoms with Crippen LogP contribution in [0.2, 0.25) is 0 Å². The van der Waals surface area contributed by atoms with Gasteiger partial charge in [-0.2, -0.15) is 5.10 Å². The Balaban J connectivity index is 2.80. The summed E-state index contributed by atoms with van der Waals surface area (Å²) in [6.07, 6.45) is 0. The van der Waals surface area contributed by atoms with Crippen LogP contribution in [0, 0.1) is 28.7 Å². The standard InChI is InChI=1S/C10H8F2N4O2/c1-5-4-8(13)14-15(5)10-7(16(17)18)3-2-6(11)9(10)12/h2-4H,1H3,(H2,13,14). The molecule has 8 heteroatoms. The van der Waals surface area contributed by atoms with Crippen LogP contribution in [-0.2, 0) is 0 Å². The highest BCUT2D eigenvalue weighted by Crippen LogP contribution is 2.28. The third kappa shape index (κ3) is 1.77. The van der Waals surface area contributed by atoms with Gasteiger partial charge in [0, 0.05) is 17.8 Å². The molecule has 0 spiro atoms.